The summed E-state index contributed by atoms with van der Waals surface area (Å²) < 4.78 is 14.0. The van der Waals surface area contributed by atoms with Crippen LogP contribution in [0.5, 0.6) is 0 Å². The number of rotatable bonds is 6. The summed E-state index contributed by atoms with van der Waals surface area (Å²) in [5.41, 5.74) is 2.31. The van der Waals surface area contributed by atoms with Gasteiger partial charge in [-0.05, 0) is 17.5 Å². The Morgan fingerprint density at radius 3 is 1.83 bits per heavy atom. The summed E-state index contributed by atoms with van der Waals surface area (Å²) in [6.07, 6.45) is 3.26. The molecule has 0 spiro atoms. The lowest BCUT2D eigenvalue weighted by Crippen LogP contribution is -2.17. The minimum Gasteiger partial charge on any atom is -0.313 e. The standard InChI is InChI=1S/C22H21OP/c1-2-10-19-11-9-12-20(17-19)18-24(23,21-13-5-3-6-14-21)22-15-7-4-8-16-22/h2-9,11-17H,1,10,18H2. The molecule has 24 heavy (non-hydrogen) atoms. The van der Waals surface area contributed by atoms with Crippen LogP contribution in [0.2, 0.25) is 0 Å². The van der Waals surface area contributed by atoms with Crippen LogP contribution < -0.4 is 10.6 Å². The Labute approximate surface area is 144 Å². The third-order valence-corrected chi connectivity index (χ3v) is 7.20. The molecule has 3 aromatic rings. The van der Waals surface area contributed by atoms with Crippen molar-refractivity contribution in [2.45, 2.75) is 12.6 Å². The molecule has 0 N–H and O–H groups in total. The molecule has 0 saturated carbocycles. The first-order chi connectivity index (χ1) is 11.7. The van der Waals surface area contributed by atoms with E-state index in [0.29, 0.717) is 6.16 Å². The van der Waals surface area contributed by atoms with Gasteiger partial charge < -0.3 is 4.57 Å². The molecule has 0 aliphatic rings. The third kappa shape index (κ3) is 3.58. The second kappa shape index (κ2) is 7.47. The molecule has 3 rings (SSSR count). The molecular formula is C22H21OP. The van der Waals surface area contributed by atoms with E-state index in [1.165, 1.54) is 5.56 Å². The molecule has 0 atom stereocenters. The predicted molar refractivity (Wildman–Crippen MR) is 104 cm³/mol. The summed E-state index contributed by atoms with van der Waals surface area (Å²) >= 11 is 0. The molecule has 1 nitrogen and oxygen atoms in total. The van der Waals surface area contributed by atoms with Gasteiger partial charge in [-0.25, -0.2) is 0 Å². The van der Waals surface area contributed by atoms with Crippen molar-refractivity contribution in [1.82, 2.24) is 0 Å². The molecule has 0 aromatic heterocycles. The van der Waals surface area contributed by atoms with E-state index in [0.717, 1.165) is 22.6 Å². The fraction of sp³-hybridized carbons (Fsp3) is 0.0909. The summed E-state index contributed by atoms with van der Waals surface area (Å²) in [4.78, 5) is 0. The molecule has 0 fully saturated rings. The van der Waals surface area contributed by atoms with Crippen LogP contribution in [0.3, 0.4) is 0 Å². The first-order valence-corrected chi connectivity index (χ1v) is 10.0. The first kappa shape index (κ1) is 16.5. The SMILES string of the molecule is C=CCc1cccc(CP(=O)(c2ccccc2)c2ccccc2)c1. The first-order valence-electron chi connectivity index (χ1n) is 8.11. The fourth-order valence-corrected chi connectivity index (χ4v) is 5.63. The zero-order valence-electron chi connectivity index (χ0n) is 13.6. The summed E-state index contributed by atoms with van der Waals surface area (Å²) in [7, 11) is -2.71. The van der Waals surface area contributed by atoms with Gasteiger partial charge >= 0.3 is 0 Å². The maximum atomic E-state index is 14.0. The molecule has 0 amide bonds. The van der Waals surface area contributed by atoms with Gasteiger partial charge in [0.2, 0.25) is 0 Å². The Bertz CT molecular complexity index is 810. The van der Waals surface area contributed by atoms with Crippen molar-refractivity contribution in [1.29, 1.82) is 0 Å². The molecule has 0 saturated heterocycles. The fourth-order valence-electron chi connectivity index (χ4n) is 2.95. The van der Waals surface area contributed by atoms with Crippen molar-refractivity contribution < 1.29 is 4.57 Å². The van der Waals surface area contributed by atoms with E-state index in [9.17, 15) is 4.57 Å². The molecule has 0 aliphatic carbocycles. The quantitative estimate of drug-likeness (QED) is 0.462. The van der Waals surface area contributed by atoms with Gasteiger partial charge in [0, 0.05) is 16.8 Å². The maximum Gasteiger partial charge on any atom is 0.147 e. The van der Waals surface area contributed by atoms with Crippen molar-refractivity contribution in [2.75, 3.05) is 0 Å². The number of hydrogen-bond donors (Lipinski definition) is 0. The smallest absolute Gasteiger partial charge is 0.147 e. The lowest BCUT2D eigenvalue weighted by Gasteiger charge is -2.20. The van der Waals surface area contributed by atoms with Crippen LogP contribution in [-0.2, 0) is 17.1 Å². The van der Waals surface area contributed by atoms with E-state index in [-0.39, 0.29) is 0 Å². The number of hydrogen-bond acceptors (Lipinski definition) is 1. The van der Waals surface area contributed by atoms with E-state index in [4.69, 9.17) is 0 Å². The second-order valence-electron chi connectivity index (χ2n) is 5.88. The van der Waals surface area contributed by atoms with Crippen molar-refractivity contribution in [3.8, 4) is 0 Å². The van der Waals surface area contributed by atoms with Gasteiger partial charge in [0.05, 0.1) is 0 Å². The van der Waals surface area contributed by atoms with Gasteiger partial charge in [0.25, 0.3) is 0 Å². The lowest BCUT2D eigenvalue weighted by molar-refractivity contribution is 0.586. The highest BCUT2D eigenvalue weighted by atomic mass is 31.2. The average molecular weight is 332 g/mol. The maximum absolute atomic E-state index is 14.0. The molecule has 0 unspecified atom stereocenters. The van der Waals surface area contributed by atoms with Crippen LogP contribution >= 0.6 is 7.14 Å². The van der Waals surface area contributed by atoms with Gasteiger partial charge in [-0.3, -0.25) is 0 Å². The van der Waals surface area contributed by atoms with Crippen molar-refractivity contribution in [3.05, 3.63) is 109 Å². The minimum absolute atomic E-state index is 0.534. The van der Waals surface area contributed by atoms with Gasteiger partial charge in [0.1, 0.15) is 7.14 Å². The highest BCUT2D eigenvalue weighted by Crippen LogP contribution is 2.46. The van der Waals surface area contributed by atoms with Crippen LogP contribution in [0.25, 0.3) is 0 Å². The third-order valence-electron chi connectivity index (χ3n) is 4.12. The normalized spacial score (nSPS) is 11.2. The zero-order chi connectivity index (χ0) is 16.8. The molecule has 3 aromatic carbocycles. The Kier molecular flexibility index (Phi) is 5.13. The molecule has 0 radical (unpaired) electrons. The van der Waals surface area contributed by atoms with Crippen LogP contribution in [0.1, 0.15) is 11.1 Å². The molecule has 0 heterocycles. The Hall–Kier alpha value is -2.37. The van der Waals surface area contributed by atoms with Crippen LogP contribution in [0.15, 0.2) is 97.6 Å². The van der Waals surface area contributed by atoms with Crippen LogP contribution in [0.4, 0.5) is 0 Å². The van der Waals surface area contributed by atoms with Crippen LogP contribution in [-0.4, -0.2) is 0 Å². The Morgan fingerprint density at radius 2 is 1.29 bits per heavy atom. The van der Waals surface area contributed by atoms with E-state index in [2.05, 4.69) is 24.8 Å². The lowest BCUT2D eigenvalue weighted by atomic mass is 10.1. The predicted octanol–water partition coefficient (Wildman–Crippen LogP) is 4.93. The molecular weight excluding hydrogens is 311 g/mol. The summed E-state index contributed by atoms with van der Waals surface area (Å²) in [5.74, 6) is 0. The van der Waals surface area contributed by atoms with E-state index < -0.39 is 7.14 Å². The molecule has 120 valence electrons. The molecule has 0 aliphatic heterocycles. The van der Waals surface area contributed by atoms with Gasteiger partial charge in [-0.2, -0.15) is 0 Å². The van der Waals surface area contributed by atoms with Gasteiger partial charge in [-0.1, -0.05) is 91.0 Å². The summed E-state index contributed by atoms with van der Waals surface area (Å²) in [6, 6.07) is 28.0. The minimum atomic E-state index is -2.71. The summed E-state index contributed by atoms with van der Waals surface area (Å²) in [6.45, 7) is 3.80. The van der Waals surface area contributed by atoms with E-state index in [1.54, 1.807) is 0 Å². The number of allylic oxidation sites excluding steroid dienone is 1. The monoisotopic (exact) mass is 332 g/mol. The zero-order valence-corrected chi connectivity index (χ0v) is 14.5. The van der Waals surface area contributed by atoms with Gasteiger partial charge in [-0.15, -0.1) is 6.58 Å². The highest BCUT2D eigenvalue weighted by Gasteiger charge is 2.27. The van der Waals surface area contributed by atoms with Gasteiger partial charge in [0.15, 0.2) is 0 Å². The average Bonchev–Trinajstić information content (AvgIpc) is 2.64. The van der Waals surface area contributed by atoms with Crippen LogP contribution in [0, 0.1) is 0 Å². The largest absolute Gasteiger partial charge is 0.313 e. The topological polar surface area (TPSA) is 17.1 Å². The van der Waals surface area contributed by atoms with Crippen molar-refractivity contribution >= 4 is 17.8 Å². The van der Waals surface area contributed by atoms with Crippen molar-refractivity contribution in [3.63, 3.8) is 0 Å². The van der Waals surface area contributed by atoms with E-state index in [1.807, 2.05) is 72.8 Å². The second-order valence-corrected chi connectivity index (χ2v) is 8.71. The molecule has 0 bridgehead atoms. The molecule has 2 heteroatoms. The Balaban J connectivity index is 2.05. The van der Waals surface area contributed by atoms with Crippen molar-refractivity contribution in [2.24, 2.45) is 0 Å². The summed E-state index contributed by atoms with van der Waals surface area (Å²) in [5, 5.41) is 1.82. The highest BCUT2D eigenvalue weighted by molar-refractivity contribution is 7.78. The number of benzene rings is 3. The van der Waals surface area contributed by atoms with E-state index >= 15 is 0 Å². The Morgan fingerprint density at radius 1 is 0.750 bits per heavy atom.